The topological polar surface area (TPSA) is 79.1 Å². The molecule has 0 bridgehead atoms. The van der Waals surface area contributed by atoms with Crippen molar-refractivity contribution >= 4 is 23.4 Å². The second-order valence-electron chi connectivity index (χ2n) is 8.90. The predicted molar refractivity (Wildman–Crippen MR) is 145 cm³/mol. The summed E-state index contributed by atoms with van der Waals surface area (Å²) in [6.45, 7) is 9.70. The molecule has 0 spiro atoms. The Morgan fingerprint density at radius 3 is 2.46 bits per heavy atom. The first-order valence-electron chi connectivity index (χ1n) is 11.9. The molecule has 192 valence electrons. The molecule has 0 unspecified atom stereocenters. The number of benzene rings is 2. The van der Waals surface area contributed by atoms with Gasteiger partial charge in [0, 0.05) is 0 Å². The number of hydrogen-bond acceptors (Lipinski definition) is 7. The molecule has 37 heavy (non-hydrogen) atoms. The van der Waals surface area contributed by atoms with Gasteiger partial charge < -0.3 is 14.2 Å². The maximum Gasteiger partial charge on any atom is 0.338 e. The molecule has 0 N–H and O–H groups in total. The van der Waals surface area contributed by atoms with Crippen LogP contribution in [-0.4, -0.2) is 31.4 Å². The van der Waals surface area contributed by atoms with Crippen LogP contribution < -0.4 is 24.4 Å². The minimum atomic E-state index is -0.751. The summed E-state index contributed by atoms with van der Waals surface area (Å²) in [5, 5.41) is 0. The van der Waals surface area contributed by atoms with Crippen LogP contribution in [0, 0.1) is 0 Å². The lowest BCUT2D eigenvalue weighted by molar-refractivity contribution is -0.138. The summed E-state index contributed by atoms with van der Waals surface area (Å²) >= 11 is 1.29. The van der Waals surface area contributed by atoms with Gasteiger partial charge in [0.15, 0.2) is 16.3 Å². The number of hydrogen-bond donors (Lipinski definition) is 0. The first-order chi connectivity index (χ1) is 17.8. The number of rotatable bonds is 8. The van der Waals surface area contributed by atoms with Crippen LogP contribution in [0.5, 0.6) is 11.5 Å². The third-order valence-electron chi connectivity index (χ3n) is 6.20. The number of carbonyl (C=O) groups excluding carboxylic acids is 1. The lowest BCUT2D eigenvalue weighted by Gasteiger charge is -2.25. The lowest BCUT2D eigenvalue weighted by atomic mass is 9.95. The Morgan fingerprint density at radius 1 is 1.14 bits per heavy atom. The molecule has 0 radical (unpaired) electrons. The fourth-order valence-corrected chi connectivity index (χ4v) is 5.31. The fraction of sp³-hybridized carbons (Fsp3) is 0.276. The first-order valence-corrected chi connectivity index (χ1v) is 12.7. The minimum absolute atomic E-state index is 0.0467. The van der Waals surface area contributed by atoms with Gasteiger partial charge in [0.1, 0.15) is 6.61 Å². The average Bonchev–Trinajstić information content (AvgIpc) is 3.20. The number of esters is 1. The second-order valence-corrected chi connectivity index (χ2v) is 9.91. The van der Waals surface area contributed by atoms with E-state index in [1.165, 1.54) is 30.1 Å². The van der Waals surface area contributed by atoms with E-state index in [0.29, 0.717) is 38.0 Å². The van der Waals surface area contributed by atoms with E-state index in [1.54, 1.807) is 30.7 Å². The zero-order chi connectivity index (χ0) is 26.7. The van der Waals surface area contributed by atoms with Crippen molar-refractivity contribution in [3.8, 4) is 11.5 Å². The number of nitrogens with zero attached hydrogens (tertiary/aromatic N) is 2. The van der Waals surface area contributed by atoms with E-state index in [2.05, 4.69) is 37.6 Å². The molecule has 1 aliphatic heterocycles. The molecule has 1 aromatic heterocycles. The first kappa shape index (κ1) is 26.2. The van der Waals surface area contributed by atoms with Crippen molar-refractivity contribution in [2.24, 2.45) is 4.99 Å². The molecule has 1 aliphatic rings. The molecule has 0 saturated heterocycles. The van der Waals surface area contributed by atoms with Crippen LogP contribution in [0.4, 0.5) is 0 Å². The quantitative estimate of drug-likeness (QED) is 0.331. The second kappa shape index (κ2) is 11.0. The summed E-state index contributed by atoms with van der Waals surface area (Å²) in [4.78, 5) is 32.1. The maximum absolute atomic E-state index is 13.8. The van der Waals surface area contributed by atoms with Crippen LogP contribution in [0.1, 0.15) is 49.4 Å². The Kier molecular flexibility index (Phi) is 7.78. The summed E-state index contributed by atoms with van der Waals surface area (Å²) in [6.07, 6.45) is 3.35. The number of aromatic nitrogens is 1. The minimum Gasteiger partial charge on any atom is -0.493 e. The molecule has 0 fully saturated rings. The summed E-state index contributed by atoms with van der Waals surface area (Å²) in [6, 6.07) is 12.7. The molecule has 2 aromatic carbocycles. The van der Waals surface area contributed by atoms with Crippen molar-refractivity contribution in [2.45, 2.75) is 32.7 Å². The van der Waals surface area contributed by atoms with Gasteiger partial charge >= 0.3 is 5.97 Å². The van der Waals surface area contributed by atoms with Gasteiger partial charge in [-0.25, -0.2) is 9.79 Å². The monoisotopic (exact) mass is 518 g/mol. The highest BCUT2D eigenvalue weighted by Crippen LogP contribution is 2.36. The number of allylic oxidation sites excluding steroid dienone is 1. The van der Waals surface area contributed by atoms with Crippen LogP contribution >= 0.6 is 11.3 Å². The van der Waals surface area contributed by atoms with Gasteiger partial charge in [-0.15, -0.1) is 0 Å². The van der Waals surface area contributed by atoms with E-state index >= 15 is 0 Å². The van der Waals surface area contributed by atoms with Gasteiger partial charge in [-0.1, -0.05) is 68.2 Å². The van der Waals surface area contributed by atoms with E-state index in [0.717, 1.165) is 5.56 Å². The zero-order valence-corrected chi connectivity index (χ0v) is 22.4. The van der Waals surface area contributed by atoms with E-state index in [-0.39, 0.29) is 17.7 Å². The lowest BCUT2D eigenvalue weighted by Crippen LogP contribution is -2.40. The Hall–Kier alpha value is -3.91. The number of thiazole rings is 1. The molecule has 1 atom stereocenters. The van der Waals surface area contributed by atoms with E-state index < -0.39 is 12.0 Å². The zero-order valence-electron chi connectivity index (χ0n) is 21.6. The third-order valence-corrected chi connectivity index (χ3v) is 7.18. The summed E-state index contributed by atoms with van der Waals surface area (Å²) in [5.41, 5.74) is 3.35. The van der Waals surface area contributed by atoms with Gasteiger partial charge in [-0.05, 0) is 47.7 Å². The number of ether oxygens (including phenoxy) is 3. The van der Waals surface area contributed by atoms with Gasteiger partial charge in [-0.2, -0.15) is 0 Å². The molecule has 0 aliphatic carbocycles. The van der Waals surface area contributed by atoms with Crippen molar-refractivity contribution in [1.29, 1.82) is 0 Å². The highest BCUT2D eigenvalue weighted by atomic mass is 32.1. The summed E-state index contributed by atoms with van der Waals surface area (Å²) in [5.74, 6) is 0.892. The normalized spacial score (nSPS) is 15.3. The number of fused-ring (bicyclic) bond motifs is 1. The van der Waals surface area contributed by atoms with Crippen molar-refractivity contribution < 1.29 is 19.0 Å². The number of carbonyl (C=O) groups is 1. The molecule has 7 nitrogen and oxygen atoms in total. The molecule has 8 heteroatoms. The van der Waals surface area contributed by atoms with Crippen molar-refractivity contribution in [3.63, 3.8) is 0 Å². The molecule has 4 rings (SSSR count). The van der Waals surface area contributed by atoms with Gasteiger partial charge in [0.05, 0.1) is 36.1 Å². The Bertz CT molecular complexity index is 1540. The predicted octanol–water partition coefficient (Wildman–Crippen LogP) is 4.11. The van der Waals surface area contributed by atoms with Crippen LogP contribution in [0.3, 0.4) is 0 Å². The Balaban J connectivity index is 1.91. The highest BCUT2D eigenvalue weighted by Gasteiger charge is 2.34. The van der Waals surface area contributed by atoms with Crippen LogP contribution in [0.2, 0.25) is 0 Å². The molecule has 0 saturated carbocycles. The van der Waals surface area contributed by atoms with E-state index in [9.17, 15) is 9.59 Å². The van der Waals surface area contributed by atoms with Crippen LogP contribution in [0.15, 0.2) is 76.2 Å². The van der Waals surface area contributed by atoms with Crippen molar-refractivity contribution in [1.82, 2.24) is 4.57 Å². The largest absolute Gasteiger partial charge is 0.493 e. The standard InChI is InChI=1S/C29H30N2O5S/c1-7-14-36-28(33)25-18(4)30-29-31(26(25)21-12-13-22(34-5)23(16-21)35-6)27(32)24(37-29)15-19-8-10-20(11-9-19)17(2)3/h7-13,15-17,26H,1,14H2,2-6H3/b24-15-/t26-/m0/s1. The van der Waals surface area contributed by atoms with E-state index in [1.807, 2.05) is 24.3 Å². The SMILES string of the molecule is C=CCOC(=O)C1=C(C)N=c2s/c(=C\c3ccc(C(C)C)cc3)c(=O)n2[C@H]1c1ccc(OC)c(OC)c1. The smallest absolute Gasteiger partial charge is 0.338 e. The van der Waals surface area contributed by atoms with Gasteiger partial charge in [0.25, 0.3) is 5.56 Å². The fourth-order valence-electron chi connectivity index (χ4n) is 4.26. The summed E-state index contributed by atoms with van der Waals surface area (Å²) < 4.78 is 18.4. The van der Waals surface area contributed by atoms with E-state index in [4.69, 9.17) is 14.2 Å². The maximum atomic E-state index is 13.8. The molecular weight excluding hydrogens is 488 g/mol. The molecular formula is C29H30N2O5S. The third kappa shape index (κ3) is 5.15. The van der Waals surface area contributed by atoms with Crippen molar-refractivity contribution in [3.05, 3.63) is 103 Å². The Labute approximate surface area is 219 Å². The highest BCUT2D eigenvalue weighted by molar-refractivity contribution is 7.07. The van der Waals surface area contributed by atoms with Crippen molar-refractivity contribution in [2.75, 3.05) is 20.8 Å². The molecule has 3 aromatic rings. The van der Waals surface area contributed by atoms with Crippen LogP contribution in [0.25, 0.3) is 6.08 Å². The van der Waals surface area contributed by atoms with Gasteiger partial charge in [-0.3, -0.25) is 9.36 Å². The average molecular weight is 519 g/mol. The van der Waals surface area contributed by atoms with Gasteiger partial charge in [0.2, 0.25) is 0 Å². The number of methoxy groups -OCH3 is 2. The van der Waals surface area contributed by atoms with Crippen LogP contribution in [-0.2, 0) is 9.53 Å². The molecule has 2 heterocycles. The summed E-state index contributed by atoms with van der Waals surface area (Å²) in [7, 11) is 3.09. The Morgan fingerprint density at radius 2 is 1.84 bits per heavy atom. The molecule has 0 amide bonds.